The van der Waals surface area contributed by atoms with Crippen LogP contribution in [0.2, 0.25) is 0 Å². The van der Waals surface area contributed by atoms with E-state index in [1.54, 1.807) is 38.3 Å². The maximum absolute atomic E-state index is 13.0. The lowest BCUT2D eigenvalue weighted by Crippen LogP contribution is -2.38. The van der Waals surface area contributed by atoms with Crippen LogP contribution in [0.3, 0.4) is 0 Å². The second-order valence-electron chi connectivity index (χ2n) is 7.69. The maximum Gasteiger partial charge on any atom is 0.244 e. The summed E-state index contributed by atoms with van der Waals surface area (Å²) in [7, 11) is 1.54. The minimum atomic E-state index is -1.12. The van der Waals surface area contributed by atoms with Gasteiger partial charge in [0.1, 0.15) is 29.1 Å². The summed E-state index contributed by atoms with van der Waals surface area (Å²) in [5, 5.41) is 12.1. The molecule has 34 heavy (non-hydrogen) atoms. The summed E-state index contributed by atoms with van der Waals surface area (Å²) in [6, 6.07) is 12.9. The molecule has 0 saturated carbocycles. The number of hydrogen-bond donors (Lipinski definition) is 3. The third-order valence-corrected chi connectivity index (χ3v) is 5.29. The molecular weight excluding hydrogens is 440 g/mol. The monoisotopic (exact) mass is 462 g/mol. The summed E-state index contributed by atoms with van der Waals surface area (Å²) in [5.74, 6) is -0.0210. The Morgan fingerprint density at radius 3 is 2.35 bits per heavy atom. The molecule has 0 saturated heterocycles. The first-order valence-corrected chi connectivity index (χ1v) is 10.3. The quantitative estimate of drug-likeness (QED) is 0.383. The molecule has 2 aromatic carbocycles. The van der Waals surface area contributed by atoms with Crippen LogP contribution >= 0.6 is 0 Å². The fourth-order valence-electron chi connectivity index (χ4n) is 3.66. The van der Waals surface area contributed by atoms with Crippen molar-refractivity contribution in [3.05, 3.63) is 81.7 Å². The number of amides is 2. The topological polar surface area (TPSA) is 145 Å². The number of benzene rings is 2. The molecule has 4 aromatic rings. The van der Waals surface area contributed by atoms with Crippen molar-refractivity contribution in [1.82, 2.24) is 5.32 Å². The number of aryl methyl sites for hydroxylation is 1. The third kappa shape index (κ3) is 4.49. The van der Waals surface area contributed by atoms with Gasteiger partial charge in [-0.15, -0.1) is 0 Å². The molecular formula is C25H22N2O7. The molecule has 4 rings (SSSR count). The van der Waals surface area contributed by atoms with Crippen LogP contribution in [0.15, 0.2) is 68.2 Å². The van der Waals surface area contributed by atoms with Crippen molar-refractivity contribution < 1.29 is 28.3 Å². The molecule has 0 fully saturated rings. The Morgan fingerprint density at radius 1 is 1.06 bits per heavy atom. The second-order valence-corrected chi connectivity index (χ2v) is 7.69. The van der Waals surface area contributed by atoms with E-state index < -0.39 is 17.9 Å². The molecule has 0 aliphatic heterocycles. The van der Waals surface area contributed by atoms with Crippen LogP contribution in [0.5, 0.6) is 11.5 Å². The third-order valence-electron chi connectivity index (χ3n) is 5.29. The number of ether oxygens (including phenoxy) is 1. The van der Waals surface area contributed by atoms with Gasteiger partial charge in [-0.3, -0.25) is 14.4 Å². The fourth-order valence-corrected chi connectivity index (χ4v) is 3.66. The van der Waals surface area contributed by atoms with E-state index in [1.807, 2.05) is 0 Å². The number of rotatable bonds is 7. The van der Waals surface area contributed by atoms with Crippen molar-refractivity contribution in [3.8, 4) is 22.8 Å². The van der Waals surface area contributed by atoms with Gasteiger partial charge in [-0.2, -0.15) is 0 Å². The summed E-state index contributed by atoms with van der Waals surface area (Å²) >= 11 is 0. The lowest BCUT2D eigenvalue weighted by atomic mass is 10.0. The first-order chi connectivity index (χ1) is 16.3. The van der Waals surface area contributed by atoms with E-state index >= 15 is 0 Å². The number of phenolic OH excluding ortho intramolecular Hbond substituents is 1. The van der Waals surface area contributed by atoms with Gasteiger partial charge in [0.2, 0.25) is 22.8 Å². The van der Waals surface area contributed by atoms with E-state index in [0.717, 1.165) is 0 Å². The molecule has 0 bridgehead atoms. The number of aromatic hydroxyl groups is 1. The normalized spacial score (nSPS) is 11.8. The number of carbonyl (C=O) groups is 2. The van der Waals surface area contributed by atoms with Crippen molar-refractivity contribution in [2.45, 2.75) is 19.4 Å². The van der Waals surface area contributed by atoms with Crippen LogP contribution in [0.25, 0.3) is 22.5 Å². The summed E-state index contributed by atoms with van der Waals surface area (Å²) < 4.78 is 16.8. The van der Waals surface area contributed by atoms with Crippen molar-refractivity contribution >= 4 is 23.0 Å². The summed E-state index contributed by atoms with van der Waals surface area (Å²) in [6.45, 7) is 1.62. The SMILES string of the molecule is COc1ccc(-c2oc3c(=O)cc(C)oc3c2CC(=O)N[C@@H](C(N)=O)c2ccc(O)cc2)cc1. The molecule has 174 valence electrons. The van der Waals surface area contributed by atoms with E-state index in [4.69, 9.17) is 19.3 Å². The van der Waals surface area contributed by atoms with Crippen molar-refractivity contribution in [3.63, 3.8) is 0 Å². The Labute approximate surface area is 193 Å². The van der Waals surface area contributed by atoms with E-state index in [-0.39, 0.29) is 28.8 Å². The van der Waals surface area contributed by atoms with Gasteiger partial charge in [0.05, 0.1) is 19.1 Å². The first kappa shape index (κ1) is 22.7. The van der Waals surface area contributed by atoms with Crippen molar-refractivity contribution in [2.24, 2.45) is 5.73 Å². The Morgan fingerprint density at radius 2 is 1.74 bits per heavy atom. The van der Waals surface area contributed by atoms with Crippen LogP contribution in [0.1, 0.15) is 22.9 Å². The minimum absolute atomic E-state index is 0.01000. The Hall–Kier alpha value is -4.53. The van der Waals surface area contributed by atoms with E-state index in [9.17, 15) is 19.5 Å². The Balaban J connectivity index is 1.73. The van der Waals surface area contributed by atoms with Gasteiger partial charge in [-0.25, -0.2) is 0 Å². The summed E-state index contributed by atoms with van der Waals surface area (Å²) in [6.07, 6.45) is -0.247. The number of hydrogen-bond acceptors (Lipinski definition) is 7. The van der Waals surface area contributed by atoms with E-state index in [1.165, 1.54) is 30.3 Å². The van der Waals surface area contributed by atoms with Crippen LogP contribution in [0.4, 0.5) is 0 Å². The number of fused-ring (bicyclic) bond motifs is 1. The number of carbonyl (C=O) groups excluding carboxylic acids is 2. The molecule has 0 spiro atoms. The zero-order chi connectivity index (χ0) is 24.4. The zero-order valence-electron chi connectivity index (χ0n) is 18.5. The van der Waals surface area contributed by atoms with Gasteiger partial charge in [-0.1, -0.05) is 12.1 Å². The number of nitrogens with two attached hydrogens (primary N) is 1. The molecule has 1 atom stereocenters. The molecule has 0 unspecified atom stereocenters. The van der Waals surface area contributed by atoms with Crippen LogP contribution in [-0.2, 0) is 16.0 Å². The highest BCUT2D eigenvalue weighted by Gasteiger charge is 2.26. The molecule has 0 aliphatic rings. The summed E-state index contributed by atoms with van der Waals surface area (Å²) in [4.78, 5) is 37.5. The van der Waals surface area contributed by atoms with Crippen molar-refractivity contribution in [2.75, 3.05) is 7.11 Å². The number of nitrogens with one attached hydrogen (secondary N) is 1. The molecule has 0 aliphatic carbocycles. The highest BCUT2D eigenvalue weighted by Crippen LogP contribution is 2.34. The fraction of sp³-hybridized carbons (Fsp3) is 0.160. The van der Waals surface area contributed by atoms with E-state index in [0.29, 0.717) is 34.0 Å². The highest BCUT2D eigenvalue weighted by atomic mass is 16.5. The number of primary amides is 1. The smallest absolute Gasteiger partial charge is 0.244 e. The second kappa shape index (κ2) is 9.14. The Kier molecular flexibility index (Phi) is 6.09. The predicted molar refractivity (Wildman–Crippen MR) is 123 cm³/mol. The van der Waals surface area contributed by atoms with Gasteiger partial charge < -0.3 is 29.7 Å². The first-order valence-electron chi connectivity index (χ1n) is 10.3. The Bertz CT molecular complexity index is 1420. The van der Waals surface area contributed by atoms with Gasteiger partial charge in [0.25, 0.3) is 0 Å². The molecule has 2 amide bonds. The highest BCUT2D eigenvalue weighted by molar-refractivity contribution is 5.92. The number of furan rings is 1. The van der Waals surface area contributed by atoms with Crippen LogP contribution in [-0.4, -0.2) is 24.0 Å². The molecule has 0 radical (unpaired) electrons. The van der Waals surface area contributed by atoms with E-state index in [2.05, 4.69) is 5.32 Å². The predicted octanol–water partition coefficient (Wildman–Crippen LogP) is 2.96. The van der Waals surface area contributed by atoms with Gasteiger partial charge in [0.15, 0.2) is 5.58 Å². The van der Waals surface area contributed by atoms with Crippen LogP contribution in [0, 0.1) is 6.92 Å². The average molecular weight is 462 g/mol. The lowest BCUT2D eigenvalue weighted by Gasteiger charge is -2.16. The number of methoxy groups -OCH3 is 1. The molecule has 2 heterocycles. The average Bonchev–Trinajstić information content (AvgIpc) is 3.16. The standard InChI is InChI=1S/C25H22N2O7/c1-13-11-19(29)24-23(33-13)18(22(34-24)15-5-9-17(32-2)10-6-15)12-20(30)27-21(25(26)31)14-3-7-16(28)8-4-14/h3-11,21,28H,12H2,1-2H3,(H2,26,31)(H,27,30)/t21-/m1/s1. The zero-order valence-corrected chi connectivity index (χ0v) is 18.5. The molecule has 9 nitrogen and oxygen atoms in total. The minimum Gasteiger partial charge on any atom is -0.508 e. The molecule has 2 aromatic heterocycles. The maximum atomic E-state index is 13.0. The molecule has 4 N–H and O–H groups in total. The lowest BCUT2D eigenvalue weighted by molar-refractivity contribution is -0.127. The van der Waals surface area contributed by atoms with Crippen LogP contribution < -0.4 is 21.2 Å². The van der Waals surface area contributed by atoms with Crippen molar-refractivity contribution in [1.29, 1.82) is 0 Å². The number of phenols is 1. The largest absolute Gasteiger partial charge is 0.508 e. The van der Waals surface area contributed by atoms with Gasteiger partial charge >= 0.3 is 0 Å². The molecule has 9 heteroatoms. The summed E-state index contributed by atoms with van der Waals surface area (Å²) in [5.41, 5.74) is 6.65. The van der Waals surface area contributed by atoms with Gasteiger partial charge in [-0.05, 0) is 48.9 Å². The van der Waals surface area contributed by atoms with Gasteiger partial charge in [0, 0.05) is 11.6 Å².